The van der Waals surface area contributed by atoms with Gasteiger partial charge in [0.1, 0.15) is 11.5 Å². The molecule has 1 aromatic carbocycles. The van der Waals surface area contributed by atoms with Crippen LogP contribution in [0.25, 0.3) is 0 Å². The Morgan fingerprint density at radius 2 is 1.94 bits per heavy atom. The van der Waals surface area contributed by atoms with Crippen LogP contribution in [-0.4, -0.2) is 32.6 Å². The van der Waals surface area contributed by atoms with Crippen molar-refractivity contribution in [2.24, 2.45) is 0 Å². The second kappa shape index (κ2) is 4.95. The molecule has 2 amide bonds. The van der Waals surface area contributed by atoms with Gasteiger partial charge in [0, 0.05) is 18.2 Å². The molecule has 1 aliphatic rings. The molecule has 2 N–H and O–H groups in total. The number of amides is 2. The minimum atomic E-state index is -0.635. The third-order valence-corrected chi connectivity index (χ3v) is 2.79. The van der Waals surface area contributed by atoms with Gasteiger partial charge in [-0.1, -0.05) is 0 Å². The maximum atomic E-state index is 11.3. The number of hydrogen-bond donors (Lipinski definition) is 2. The molecule has 0 aromatic heterocycles. The quantitative estimate of drug-likeness (QED) is 0.740. The number of hydrogen-bond acceptors (Lipinski definition) is 4. The van der Waals surface area contributed by atoms with Gasteiger partial charge in [0.15, 0.2) is 0 Å². The van der Waals surface area contributed by atoms with Crippen LogP contribution in [0.15, 0.2) is 18.2 Å². The van der Waals surface area contributed by atoms with Crippen molar-refractivity contribution in [1.29, 1.82) is 0 Å². The van der Waals surface area contributed by atoms with E-state index in [1.165, 1.54) is 0 Å². The molecule has 96 valence electrons. The number of piperazine rings is 1. The molecular formula is C12H14N2O4. The summed E-state index contributed by atoms with van der Waals surface area (Å²) in [5.41, 5.74) is 0.798. The minimum absolute atomic E-state index is 0.295. The fraction of sp³-hybridized carbons (Fsp3) is 0.333. The highest BCUT2D eigenvalue weighted by Gasteiger charge is 2.27. The van der Waals surface area contributed by atoms with Crippen LogP contribution in [0.4, 0.5) is 0 Å². The Balaban J connectivity index is 2.27. The van der Waals surface area contributed by atoms with Gasteiger partial charge in [-0.25, -0.2) is 0 Å². The van der Waals surface area contributed by atoms with E-state index in [4.69, 9.17) is 9.47 Å². The molecule has 0 aliphatic carbocycles. The zero-order valence-electron chi connectivity index (χ0n) is 10.1. The summed E-state index contributed by atoms with van der Waals surface area (Å²) in [6, 6.07) is 5.02. The van der Waals surface area contributed by atoms with Crippen molar-refractivity contribution in [3.8, 4) is 11.5 Å². The van der Waals surface area contributed by atoms with E-state index in [0.29, 0.717) is 18.0 Å². The Hall–Kier alpha value is -2.24. The summed E-state index contributed by atoms with van der Waals surface area (Å²) in [7, 11) is 3.11. The lowest BCUT2D eigenvalue weighted by atomic mass is 10.0. The van der Waals surface area contributed by atoms with E-state index in [0.717, 1.165) is 5.56 Å². The van der Waals surface area contributed by atoms with Crippen molar-refractivity contribution in [3.63, 3.8) is 0 Å². The van der Waals surface area contributed by atoms with Crippen LogP contribution < -0.4 is 20.1 Å². The topological polar surface area (TPSA) is 76.7 Å². The number of carbonyl (C=O) groups excluding carboxylic acids is 2. The first kappa shape index (κ1) is 12.2. The van der Waals surface area contributed by atoms with Gasteiger partial charge >= 0.3 is 11.8 Å². The van der Waals surface area contributed by atoms with Gasteiger partial charge < -0.3 is 20.1 Å². The predicted molar refractivity (Wildman–Crippen MR) is 63.4 cm³/mol. The van der Waals surface area contributed by atoms with Crippen LogP contribution in [0.3, 0.4) is 0 Å². The van der Waals surface area contributed by atoms with Gasteiger partial charge in [-0.2, -0.15) is 0 Å². The van der Waals surface area contributed by atoms with E-state index in [1.54, 1.807) is 32.4 Å². The van der Waals surface area contributed by atoms with Gasteiger partial charge in [-0.3, -0.25) is 9.59 Å². The Labute approximate surface area is 104 Å². The Morgan fingerprint density at radius 3 is 2.56 bits per heavy atom. The summed E-state index contributed by atoms with van der Waals surface area (Å²) < 4.78 is 10.4. The number of ether oxygens (including phenoxy) is 2. The zero-order valence-corrected chi connectivity index (χ0v) is 10.1. The molecule has 1 aromatic rings. The summed E-state index contributed by atoms with van der Waals surface area (Å²) in [5.74, 6) is 0.0282. The van der Waals surface area contributed by atoms with E-state index in [1.807, 2.05) is 0 Å². The molecule has 6 nitrogen and oxygen atoms in total. The molecule has 2 rings (SSSR count). The maximum absolute atomic E-state index is 11.3. The minimum Gasteiger partial charge on any atom is -0.497 e. The molecule has 18 heavy (non-hydrogen) atoms. The van der Waals surface area contributed by atoms with Gasteiger partial charge in [-0.05, 0) is 12.1 Å². The van der Waals surface area contributed by atoms with Crippen LogP contribution in [-0.2, 0) is 9.59 Å². The van der Waals surface area contributed by atoms with Crippen molar-refractivity contribution in [2.45, 2.75) is 6.04 Å². The molecule has 1 unspecified atom stereocenters. The molecule has 6 heteroatoms. The second-order valence-electron chi connectivity index (χ2n) is 3.84. The van der Waals surface area contributed by atoms with Crippen LogP contribution in [0.5, 0.6) is 11.5 Å². The fourth-order valence-electron chi connectivity index (χ4n) is 1.84. The lowest BCUT2D eigenvalue weighted by Crippen LogP contribution is -2.51. The SMILES string of the molecule is COc1ccc(C2CNC(=O)C(=O)N2)c(OC)c1. The summed E-state index contributed by atoms with van der Waals surface area (Å²) in [5, 5.41) is 5.15. The number of carbonyl (C=O) groups is 2. The first-order chi connectivity index (χ1) is 8.65. The van der Waals surface area contributed by atoms with E-state index < -0.39 is 11.8 Å². The van der Waals surface area contributed by atoms with Gasteiger partial charge in [0.25, 0.3) is 0 Å². The largest absolute Gasteiger partial charge is 0.497 e. The average molecular weight is 250 g/mol. The van der Waals surface area contributed by atoms with Gasteiger partial charge in [-0.15, -0.1) is 0 Å². The highest BCUT2D eigenvalue weighted by atomic mass is 16.5. The first-order valence-electron chi connectivity index (χ1n) is 5.46. The number of nitrogens with one attached hydrogen (secondary N) is 2. The highest BCUT2D eigenvalue weighted by Crippen LogP contribution is 2.29. The molecule has 0 saturated carbocycles. The molecule has 0 bridgehead atoms. The Bertz CT molecular complexity index is 487. The standard InChI is InChI=1S/C12H14N2O4/c1-17-7-3-4-8(10(5-7)18-2)9-6-13-11(15)12(16)14-9/h3-5,9H,6H2,1-2H3,(H,13,15)(H,14,16). The molecular weight excluding hydrogens is 236 g/mol. The van der Waals surface area contributed by atoms with E-state index in [2.05, 4.69) is 10.6 Å². The third-order valence-electron chi connectivity index (χ3n) is 2.79. The summed E-state index contributed by atoms with van der Waals surface area (Å²) >= 11 is 0. The van der Waals surface area contributed by atoms with Crippen LogP contribution in [0.1, 0.15) is 11.6 Å². The normalized spacial score (nSPS) is 18.9. The van der Waals surface area contributed by atoms with Gasteiger partial charge in [0.05, 0.1) is 20.3 Å². The second-order valence-corrected chi connectivity index (χ2v) is 3.84. The predicted octanol–water partition coefficient (Wildman–Crippen LogP) is -0.00910. The van der Waals surface area contributed by atoms with Crippen molar-refractivity contribution in [1.82, 2.24) is 10.6 Å². The van der Waals surface area contributed by atoms with Crippen LogP contribution >= 0.6 is 0 Å². The molecule has 0 radical (unpaired) electrons. The lowest BCUT2D eigenvalue weighted by molar-refractivity contribution is -0.141. The van der Waals surface area contributed by atoms with Crippen LogP contribution in [0, 0.1) is 0 Å². The van der Waals surface area contributed by atoms with Crippen molar-refractivity contribution < 1.29 is 19.1 Å². The monoisotopic (exact) mass is 250 g/mol. The van der Waals surface area contributed by atoms with E-state index >= 15 is 0 Å². The molecule has 1 atom stereocenters. The highest BCUT2D eigenvalue weighted by molar-refractivity contribution is 6.35. The number of methoxy groups -OCH3 is 2. The van der Waals surface area contributed by atoms with E-state index in [-0.39, 0.29) is 6.04 Å². The molecule has 1 saturated heterocycles. The summed E-state index contributed by atoms with van der Waals surface area (Å²) in [4.78, 5) is 22.4. The summed E-state index contributed by atoms with van der Waals surface area (Å²) in [6.45, 7) is 0.341. The molecule has 0 spiro atoms. The number of benzene rings is 1. The van der Waals surface area contributed by atoms with Crippen molar-refractivity contribution >= 4 is 11.8 Å². The lowest BCUT2D eigenvalue weighted by Gasteiger charge is -2.25. The fourth-order valence-corrected chi connectivity index (χ4v) is 1.84. The van der Waals surface area contributed by atoms with Crippen molar-refractivity contribution in [2.75, 3.05) is 20.8 Å². The Kier molecular flexibility index (Phi) is 3.36. The third kappa shape index (κ3) is 2.22. The Morgan fingerprint density at radius 1 is 1.17 bits per heavy atom. The summed E-state index contributed by atoms with van der Waals surface area (Å²) in [6.07, 6.45) is 0. The average Bonchev–Trinajstić information content (AvgIpc) is 2.41. The van der Waals surface area contributed by atoms with E-state index in [9.17, 15) is 9.59 Å². The smallest absolute Gasteiger partial charge is 0.309 e. The molecule has 1 heterocycles. The maximum Gasteiger partial charge on any atom is 0.309 e. The van der Waals surface area contributed by atoms with Gasteiger partial charge in [0.2, 0.25) is 0 Å². The van der Waals surface area contributed by atoms with Crippen molar-refractivity contribution in [3.05, 3.63) is 23.8 Å². The molecule has 1 aliphatic heterocycles. The number of rotatable bonds is 3. The first-order valence-corrected chi connectivity index (χ1v) is 5.46. The van der Waals surface area contributed by atoms with Crippen LogP contribution in [0.2, 0.25) is 0 Å². The molecule has 1 fully saturated rings. The zero-order chi connectivity index (χ0) is 13.1.